The summed E-state index contributed by atoms with van der Waals surface area (Å²) in [5.74, 6) is -0.0406. The van der Waals surface area contributed by atoms with Crippen LogP contribution in [0.2, 0.25) is 0 Å². The Morgan fingerprint density at radius 1 is 1.40 bits per heavy atom. The lowest BCUT2D eigenvalue weighted by Gasteiger charge is -2.03. The summed E-state index contributed by atoms with van der Waals surface area (Å²) in [4.78, 5) is 0.304. The minimum absolute atomic E-state index is 0.0406. The number of benzene rings is 1. The molecule has 0 saturated carbocycles. The van der Waals surface area contributed by atoms with Gasteiger partial charge in [-0.05, 0) is 12.6 Å². The summed E-state index contributed by atoms with van der Waals surface area (Å²) < 4.78 is 24.7. The van der Waals surface area contributed by atoms with Crippen LogP contribution in [0.25, 0.3) is 0 Å². The van der Waals surface area contributed by atoms with Crippen LogP contribution >= 0.6 is 12.2 Å². The maximum atomic E-state index is 11.2. The van der Waals surface area contributed by atoms with Gasteiger partial charge in [0.2, 0.25) is 10.0 Å². The fraction of sp³-hybridized carbons (Fsp3) is 0.222. The molecule has 82 valence electrons. The third-order valence-electron chi connectivity index (χ3n) is 1.91. The predicted octanol–water partition coefficient (Wildman–Crippen LogP) is 0.370. The van der Waals surface area contributed by atoms with Crippen LogP contribution in [0.4, 0.5) is 0 Å². The van der Waals surface area contributed by atoms with E-state index < -0.39 is 10.0 Å². The van der Waals surface area contributed by atoms with Gasteiger partial charge in [0.15, 0.2) is 0 Å². The molecule has 4 nitrogen and oxygen atoms in total. The van der Waals surface area contributed by atoms with Crippen molar-refractivity contribution in [2.75, 3.05) is 7.05 Å². The van der Waals surface area contributed by atoms with E-state index >= 15 is 0 Å². The fourth-order valence-electron chi connectivity index (χ4n) is 1.06. The first-order valence-corrected chi connectivity index (χ1v) is 6.30. The molecule has 0 radical (unpaired) electrons. The highest BCUT2D eigenvalue weighted by Gasteiger charge is 2.08. The Morgan fingerprint density at radius 2 is 1.93 bits per heavy atom. The molecule has 1 aromatic carbocycles. The predicted molar refractivity (Wildman–Crippen MR) is 64.0 cm³/mol. The summed E-state index contributed by atoms with van der Waals surface area (Å²) in [5.41, 5.74) is 6.85. The van der Waals surface area contributed by atoms with Crippen LogP contribution in [0.3, 0.4) is 0 Å². The molecule has 0 aliphatic carbocycles. The summed E-state index contributed by atoms with van der Waals surface area (Å²) in [6.07, 6.45) is 0. The van der Waals surface area contributed by atoms with E-state index in [1.54, 1.807) is 24.3 Å². The zero-order valence-corrected chi connectivity index (χ0v) is 9.86. The second-order valence-electron chi connectivity index (χ2n) is 3.02. The molecular formula is C9H12N2O2S2. The largest absolute Gasteiger partial charge is 0.389 e. The van der Waals surface area contributed by atoms with E-state index in [1.165, 1.54) is 7.05 Å². The molecule has 1 rings (SSSR count). The first kappa shape index (κ1) is 12.1. The molecule has 3 N–H and O–H groups in total. The van der Waals surface area contributed by atoms with E-state index in [4.69, 9.17) is 18.0 Å². The van der Waals surface area contributed by atoms with Gasteiger partial charge in [-0.15, -0.1) is 0 Å². The summed E-state index contributed by atoms with van der Waals surface area (Å²) in [5, 5.41) is 0. The molecule has 0 atom stereocenters. The van der Waals surface area contributed by atoms with Gasteiger partial charge in [0, 0.05) is 5.56 Å². The molecule has 15 heavy (non-hydrogen) atoms. The number of hydrogen-bond acceptors (Lipinski definition) is 3. The SMILES string of the molecule is CNS(=O)(=O)Cc1ccc(C(N)=S)cc1. The van der Waals surface area contributed by atoms with Crippen molar-refractivity contribution >= 4 is 27.2 Å². The number of rotatable bonds is 4. The lowest BCUT2D eigenvalue weighted by atomic mass is 10.1. The fourth-order valence-corrected chi connectivity index (χ4v) is 1.97. The van der Waals surface area contributed by atoms with E-state index in [-0.39, 0.29) is 5.75 Å². The van der Waals surface area contributed by atoms with Crippen molar-refractivity contribution in [1.82, 2.24) is 4.72 Å². The Balaban J connectivity index is 2.86. The molecule has 0 aromatic heterocycles. The zero-order chi connectivity index (χ0) is 11.5. The minimum atomic E-state index is -3.22. The topological polar surface area (TPSA) is 72.2 Å². The minimum Gasteiger partial charge on any atom is -0.389 e. The van der Waals surface area contributed by atoms with Gasteiger partial charge >= 0.3 is 0 Å². The van der Waals surface area contributed by atoms with Crippen molar-refractivity contribution in [3.05, 3.63) is 35.4 Å². The van der Waals surface area contributed by atoms with Crippen molar-refractivity contribution in [3.8, 4) is 0 Å². The van der Waals surface area contributed by atoms with Gasteiger partial charge in [-0.25, -0.2) is 13.1 Å². The van der Waals surface area contributed by atoms with Crippen molar-refractivity contribution < 1.29 is 8.42 Å². The Morgan fingerprint density at radius 3 is 2.33 bits per heavy atom. The quantitative estimate of drug-likeness (QED) is 0.751. The summed E-state index contributed by atoms with van der Waals surface area (Å²) >= 11 is 4.79. The highest BCUT2D eigenvalue weighted by molar-refractivity contribution is 7.88. The normalized spacial score (nSPS) is 11.3. The molecule has 0 bridgehead atoms. The van der Waals surface area contributed by atoms with E-state index in [0.717, 1.165) is 5.56 Å². The van der Waals surface area contributed by atoms with Gasteiger partial charge < -0.3 is 5.73 Å². The third kappa shape index (κ3) is 3.58. The third-order valence-corrected chi connectivity index (χ3v) is 3.48. The van der Waals surface area contributed by atoms with Crippen LogP contribution in [0, 0.1) is 0 Å². The van der Waals surface area contributed by atoms with E-state index in [2.05, 4.69) is 4.72 Å². The number of sulfonamides is 1. The maximum absolute atomic E-state index is 11.2. The van der Waals surface area contributed by atoms with Crippen LogP contribution in [-0.2, 0) is 15.8 Å². The Hall–Kier alpha value is -0.980. The van der Waals surface area contributed by atoms with Crippen LogP contribution in [0.5, 0.6) is 0 Å². The Labute approximate surface area is 94.5 Å². The molecule has 0 spiro atoms. The van der Waals surface area contributed by atoms with Gasteiger partial charge in [-0.1, -0.05) is 36.5 Å². The summed E-state index contributed by atoms with van der Waals surface area (Å²) in [7, 11) is -1.83. The Kier molecular flexibility index (Phi) is 3.78. The average Bonchev–Trinajstić information content (AvgIpc) is 2.18. The van der Waals surface area contributed by atoms with Crippen LogP contribution in [-0.4, -0.2) is 20.5 Å². The summed E-state index contributed by atoms with van der Waals surface area (Å²) in [6.45, 7) is 0. The van der Waals surface area contributed by atoms with Gasteiger partial charge in [-0.2, -0.15) is 0 Å². The number of nitrogens with two attached hydrogens (primary N) is 1. The van der Waals surface area contributed by atoms with E-state index in [0.29, 0.717) is 10.6 Å². The van der Waals surface area contributed by atoms with Crippen molar-refractivity contribution in [2.45, 2.75) is 5.75 Å². The second-order valence-corrected chi connectivity index (χ2v) is 5.39. The highest BCUT2D eigenvalue weighted by Crippen LogP contribution is 2.07. The number of nitrogens with one attached hydrogen (secondary N) is 1. The van der Waals surface area contributed by atoms with Crippen LogP contribution < -0.4 is 10.5 Å². The molecule has 1 aromatic rings. The molecule has 0 saturated heterocycles. The van der Waals surface area contributed by atoms with Gasteiger partial charge in [0.05, 0.1) is 5.75 Å². The smallest absolute Gasteiger partial charge is 0.215 e. The Bertz CT molecular complexity index is 452. The lowest BCUT2D eigenvalue weighted by molar-refractivity contribution is 0.587. The lowest BCUT2D eigenvalue weighted by Crippen LogP contribution is -2.20. The number of hydrogen-bond donors (Lipinski definition) is 2. The van der Waals surface area contributed by atoms with E-state index in [9.17, 15) is 8.42 Å². The average molecular weight is 244 g/mol. The molecular weight excluding hydrogens is 232 g/mol. The molecule has 0 aliphatic heterocycles. The molecule has 0 unspecified atom stereocenters. The monoisotopic (exact) mass is 244 g/mol. The van der Waals surface area contributed by atoms with Crippen molar-refractivity contribution in [3.63, 3.8) is 0 Å². The molecule has 0 aliphatic rings. The highest BCUT2D eigenvalue weighted by atomic mass is 32.2. The van der Waals surface area contributed by atoms with Crippen LogP contribution in [0.15, 0.2) is 24.3 Å². The standard InChI is InChI=1S/C9H12N2O2S2/c1-11-15(12,13)6-7-2-4-8(5-3-7)9(10)14/h2-5,11H,6H2,1H3,(H2,10,14). The van der Waals surface area contributed by atoms with Gasteiger partial charge in [-0.3, -0.25) is 0 Å². The van der Waals surface area contributed by atoms with Crippen molar-refractivity contribution in [1.29, 1.82) is 0 Å². The van der Waals surface area contributed by atoms with E-state index in [1.807, 2.05) is 0 Å². The van der Waals surface area contributed by atoms with Gasteiger partial charge in [0.1, 0.15) is 4.99 Å². The van der Waals surface area contributed by atoms with Gasteiger partial charge in [0.25, 0.3) is 0 Å². The maximum Gasteiger partial charge on any atom is 0.215 e. The summed E-state index contributed by atoms with van der Waals surface area (Å²) in [6, 6.07) is 6.82. The number of thiocarbonyl (C=S) groups is 1. The second kappa shape index (κ2) is 4.69. The first-order chi connectivity index (χ1) is 6.94. The molecule has 6 heteroatoms. The first-order valence-electron chi connectivity index (χ1n) is 4.24. The van der Waals surface area contributed by atoms with Crippen LogP contribution in [0.1, 0.15) is 11.1 Å². The zero-order valence-electron chi connectivity index (χ0n) is 8.23. The molecule has 0 heterocycles. The molecule has 0 amide bonds. The molecule has 0 fully saturated rings. The van der Waals surface area contributed by atoms with Crippen molar-refractivity contribution in [2.24, 2.45) is 5.73 Å².